The van der Waals surface area contributed by atoms with Gasteiger partial charge in [0.15, 0.2) is 11.5 Å². The highest BCUT2D eigenvalue weighted by molar-refractivity contribution is 5.93. The topological polar surface area (TPSA) is 67.9 Å². The first-order valence-corrected chi connectivity index (χ1v) is 9.86. The van der Waals surface area contributed by atoms with E-state index in [2.05, 4.69) is 5.32 Å². The molecule has 30 heavy (non-hydrogen) atoms. The van der Waals surface area contributed by atoms with Crippen LogP contribution in [0, 0.1) is 18.7 Å². The Balaban J connectivity index is 1.80. The van der Waals surface area contributed by atoms with Crippen molar-refractivity contribution in [2.45, 2.75) is 26.2 Å². The minimum Gasteiger partial charge on any atom is -0.493 e. The number of benzene rings is 2. The van der Waals surface area contributed by atoms with Gasteiger partial charge in [-0.15, -0.1) is 0 Å². The van der Waals surface area contributed by atoms with Gasteiger partial charge in [-0.1, -0.05) is 12.1 Å². The van der Waals surface area contributed by atoms with Gasteiger partial charge in [0.1, 0.15) is 5.82 Å². The van der Waals surface area contributed by atoms with E-state index in [1.165, 1.54) is 20.1 Å². The maximum absolute atomic E-state index is 13.7. The highest BCUT2D eigenvalue weighted by atomic mass is 19.1. The summed E-state index contributed by atoms with van der Waals surface area (Å²) in [5, 5.41) is 2.92. The van der Waals surface area contributed by atoms with Crippen molar-refractivity contribution < 1.29 is 23.5 Å². The number of anilines is 1. The van der Waals surface area contributed by atoms with Crippen LogP contribution in [0.3, 0.4) is 0 Å². The second-order valence-corrected chi connectivity index (χ2v) is 7.62. The van der Waals surface area contributed by atoms with Gasteiger partial charge in [-0.2, -0.15) is 0 Å². The molecule has 0 spiro atoms. The highest BCUT2D eigenvalue weighted by Gasteiger charge is 2.33. The number of nitrogens with zero attached hydrogens (tertiary/aromatic N) is 1. The number of rotatable bonds is 5. The normalized spacial score (nSPS) is 18.6. The number of hydrogen-bond donors (Lipinski definition) is 1. The second kappa shape index (κ2) is 9.15. The quantitative estimate of drug-likeness (QED) is 0.809. The molecule has 1 fully saturated rings. The van der Waals surface area contributed by atoms with Gasteiger partial charge in [-0.05, 0) is 42.7 Å². The van der Waals surface area contributed by atoms with Crippen molar-refractivity contribution in [3.8, 4) is 11.5 Å². The van der Waals surface area contributed by atoms with Crippen molar-refractivity contribution in [3.05, 3.63) is 53.3 Å². The molecule has 2 unspecified atom stereocenters. The Labute approximate surface area is 176 Å². The van der Waals surface area contributed by atoms with E-state index in [1.807, 2.05) is 0 Å². The molecule has 160 valence electrons. The SMILES string of the molecule is COc1ccc(NC(=O)C2CC(c3ccc(F)c(C)c3)CN(C(C)=O)C2)cc1OC. The maximum Gasteiger partial charge on any atom is 0.229 e. The fraction of sp³-hybridized carbons (Fsp3) is 0.391. The van der Waals surface area contributed by atoms with Crippen molar-refractivity contribution in [1.29, 1.82) is 0 Å². The predicted octanol–water partition coefficient (Wildman–Crippen LogP) is 3.74. The van der Waals surface area contributed by atoms with Gasteiger partial charge in [-0.3, -0.25) is 9.59 Å². The largest absolute Gasteiger partial charge is 0.493 e. The van der Waals surface area contributed by atoms with Gasteiger partial charge in [0.25, 0.3) is 0 Å². The van der Waals surface area contributed by atoms with Crippen LogP contribution in [0.2, 0.25) is 0 Å². The molecular weight excluding hydrogens is 387 g/mol. The van der Waals surface area contributed by atoms with E-state index in [-0.39, 0.29) is 29.5 Å². The molecule has 0 radical (unpaired) electrons. The highest BCUT2D eigenvalue weighted by Crippen LogP contribution is 2.33. The fourth-order valence-electron chi connectivity index (χ4n) is 3.87. The number of piperidine rings is 1. The molecule has 3 rings (SSSR count). The van der Waals surface area contributed by atoms with Gasteiger partial charge < -0.3 is 19.7 Å². The van der Waals surface area contributed by atoms with Crippen LogP contribution < -0.4 is 14.8 Å². The van der Waals surface area contributed by atoms with E-state index in [9.17, 15) is 14.0 Å². The number of ether oxygens (including phenoxy) is 2. The summed E-state index contributed by atoms with van der Waals surface area (Å²) in [6.07, 6.45) is 0.577. The Morgan fingerprint density at radius 3 is 2.43 bits per heavy atom. The number of likely N-dealkylation sites (tertiary alicyclic amines) is 1. The molecule has 2 aromatic rings. The standard InChI is InChI=1S/C23H27FN2O4/c1-14-9-16(5-7-20(14)24)17-10-18(13-26(12-17)15(2)27)23(28)25-19-6-8-21(29-3)22(11-19)30-4/h5-9,11,17-18H,10,12-13H2,1-4H3,(H,25,28). The van der Waals surface area contributed by atoms with E-state index in [4.69, 9.17) is 9.47 Å². The fourth-order valence-corrected chi connectivity index (χ4v) is 3.87. The minimum absolute atomic E-state index is 0.0388. The summed E-state index contributed by atoms with van der Waals surface area (Å²) >= 11 is 0. The molecule has 2 aromatic carbocycles. The van der Waals surface area contributed by atoms with Gasteiger partial charge in [-0.25, -0.2) is 4.39 Å². The summed E-state index contributed by atoms with van der Waals surface area (Å²) in [7, 11) is 3.08. The lowest BCUT2D eigenvalue weighted by atomic mass is 9.83. The molecule has 0 saturated carbocycles. The zero-order valence-electron chi connectivity index (χ0n) is 17.7. The molecule has 1 aliphatic heterocycles. The van der Waals surface area contributed by atoms with Gasteiger partial charge in [0.2, 0.25) is 11.8 Å². The van der Waals surface area contributed by atoms with Crippen LogP contribution in [0.15, 0.2) is 36.4 Å². The predicted molar refractivity (Wildman–Crippen MR) is 112 cm³/mol. The minimum atomic E-state index is -0.383. The number of aryl methyl sites for hydroxylation is 1. The van der Waals surface area contributed by atoms with E-state index in [1.54, 1.807) is 49.3 Å². The zero-order valence-corrected chi connectivity index (χ0v) is 17.7. The van der Waals surface area contributed by atoms with Gasteiger partial charge in [0.05, 0.1) is 20.1 Å². The van der Waals surface area contributed by atoms with E-state index in [0.717, 1.165) is 5.56 Å². The van der Waals surface area contributed by atoms with Crippen LogP contribution in [0.1, 0.15) is 30.4 Å². The number of carbonyl (C=O) groups is 2. The third-order valence-electron chi connectivity index (χ3n) is 5.57. The Morgan fingerprint density at radius 2 is 1.80 bits per heavy atom. The Bertz CT molecular complexity index is 947. The maximum atomic E-state index is 13.7. The molecule has 1 saturated heterocycles. The lowest BCUT2D eigenvalue weighted by molar-refractivity contribution is -0.133. The molecular formula is C23H27FN2O4. The summed E-state index contributed by atoms with van der Waals surface area (Å²) in [5.74, 6) is 0.154. The number of halogens is 1. The molecule has 2 atom stereocenters. The number of nitrogens with one attached hydrogen (secondary N) is 1. The van der Waals surface area contributed by atoms with Crippen LogP contribution in [-0.4, -0.2) is 44.0 Å². The van der Waals surface area contributed by atoms with Crippen LogP contribution in [-0.2, 0) is 9.59 Å². The van der Waals surface area contributed by atoms with Crippen molar-refractivity contribution >= 4 is 17.5 Å². The summed E-state index contributed by atoms with van der Waals surface area (Å²) in [4.78, 5) is 26.8. The molecule has 0 bridgehead atoms. The zero-order chi connectivity index (χ0) is 21.8. The lowest BCUT2D eigenvalue weighted by Gasteiger charge is -2.37. The van der Waals surface area contributed by atoms with Gasteiger partial charge >= 0.3 is 0 Å². The van der Waals surface area contributed by atoms with Crippen molar-refractivity contribution in [1.82, 2.24) is 4.90 Å². The Hall–Kier alpha value is -3.09. The molecule has 2 amide bonds. The Morgan fingerprint density at radius 1 is 1.07 bits per heavy atom. The third kappa shape index (κ3) is 4.72. The second-order valence-electron chi connectivity index (χ2n) is 7.62. The van der Waals surface area contributed by atoms with Crippen molar-refractivity contribution in [2.75, 3.05) is 32.6 Å². The van der Waals surface area contributed by atoms with Crippen LogP contribution in [0.4, 0.5) is 10.1 Å². The van der Waals surface area contributed by atoms with Crippen LogP contribution in [0.5, 0.6) is 11.5 Å². The number of methoxy groups -OCH3 is 2. The first-order valence-electron chi connectivity index (χ1n) is 9.86. The monoisotopic (exact) mass is 414 g/mol. The molecule has 6 nitrogen and oxygen atoms in total. The summed E-state index contributed by atoms with van der Waals surface area (Å²) in [5.41, 5.74) is 2.08. The average Bonchev–Trinajstić information content (AvgIpc) is 2.75. The molecule has 1 aliphatic rings. The summed E-state index contributed by atoms with van der Waals surface area (Å²) in [6, 6.07) is 10.1. The Kier molecular flexibility index (Phi) is 6.59. The van der Waals surface area contributed by atoms with E-state index < -0.39 is 0 Å². The van der Waals surface area contributed by atoms with Crippen LogP contribution >= 0.6 is 0 Å². The van der Waals surface area contributed by atoms with Gasteiger partial charge in [0, 0.05) is 37.7 Å². The molecule has 1 heterocycles. The van der Waals surface area contributed by atoms with E-state index in [0.29, 0.717) is 42.3 Å². The molecule has 1 N–H and O–H groups in total. The first-order chi connectivity index (χ1) is 14.3. The van der Waals surface area contributed by atoms with E-state index >= 15 is 0 Å². The third-order valence-corrected chi connectivity index (χ3v) is 5.57. The summed E-state index contributed by atoms with van der Waals surface area (Å²) in [6.45, 7) is 4.08. The molecule has 0 aromatic heterocycles. The molecule has 0 aliphatic carbocycles. The average molecular weight is 414 g/mol. The van der Waals surface area contributed by atoms with Crippen molar-refractivity contribution in [3.63, 3.8) is 0 Å². The number of hydrogen-bond acceptors (Lipinski definition) is 4. The van der Waals surface area contributed by atoms with Crippen LogP contribution in [0.25, 0.3) is 0 Å². The molecule has 7 heteroatoms. The smallest absolute Gasteiger partial charge is 0.229 e. The lowest BCUT2D eigenvalue weighted by Crippen LogP contribution is -2.45. The number of carbonyl (C=O) groups excluding carboxylic acids is 2. The summed E-state index contributed by atoms with van der Waals surface area (Å²) < 4.78 is 24.2. The number of amides is 2. The van der Waals surface area contributed by atoms with Crippen molar-refractivity contribution in [2.24, 2.45) is 5.92 Å². The first kappa shape index (κ1) is 21.6.